The molecule has 0 amide bonds. The maximum absolute atomic E-state index is 13.7. The molecule has 0 spiro atoms. The van der Waals surface area contributed by atoms with Gasteiger partial charge in [0.15, 0.2) is 5.82 Å². The molecule has 0 aliphatic carbocycles. The third-order valence-corrected chi connectivity index (χ3v) is 3.22. The summed E-state index contributed by atoms with van der Waals surface area (Å²) in [6, 6.07) is 16.4. The van der Waals surface area contributed by atoms with Gasteiger partial charge in [-0.05, 0) is 24.3 Å². The Morgan fingerprint density at radius 2 is 1.57 bits per heavy atom. The van der Waals surface area contributed by atoms with E-state index in [0.717, 1.165) is 17.2 Å². The smallest absolute Gasteiger partial charge is 0.151 e. The number of hydrazone groups is 1. The van der Waals surface area contributed by atoms with Gasteiger partial charge in [0.1, 0.15) is 5.82 Å². The lowest BCUT2D eigenvalue weighted by Crippen LogP contribution is -2.07. The van der Waals surface area contributed by atoms with Gasteiger partial charge in [0.25, 0.3) is 0 Å². The van der Waals surface area contributed by atoms with E-state index in [0.29, 0.717) is 5.71 Å². The Morgan fingerprint density at radius 1 is 0.870 bits per heavy atom. The second kappa shape index (κ2) is 6.79. The van der Waals surface area contributed by atoms with E-state index in [1.54, 1.807) is 12.4 Å². The van der Waals surface area contributed by atoms with E-state index in [4.69, 9.17) is 0 Å². The average Bonchev–Trinajstić information content (AvgIpc) is 2.59. The van der Waals surface area contributed by atoms with Crippen LogP contribution in [0, 0.1) is 11.6 Å². The molecule has 1 aromatic heterocycles. The maximum atomic E-state index is 13.7. The van der Waals surface area contributed by atoms with E-state index in [1.807, 2.05) is 42.5 Å². The highest BCUT2D eigenvalue weighted by atomic mass is 19.1. The number of halogens is 2. The molecule has 0 saturated carbocycles. The lowest BCUT2D eigenvalue weighted by molar-refractivity contribution is 0.585. The van der Waals surface area contributed by atoms with Gasteiger partial charge in [-0.3, -0.25) is 10.4 Å². The SMILES string of the molecule is Fc1ccc(NN=C(c2ccccc2)c2ccncc2)c(F)c1. The van der Waals surface area contributed by atoms with Gasteiger partial charge in [0.2, 0.25) is 0 Å². The van der Waals surface area contributed by atoms with E-state index in [2.05, 4.69) is 15.5 Å². The average molecular weight is 309 g/mol. The molecule has 0 bridgehead atoms. The standard InChI is InChI=1S/C18H13F2N3/c19-15-6-7-17(16(20)12-15)22-23-18(13-4-2-1-3-5-13)14-8-10-21-11-9-14/h1-12,22H. The largest absolute Gasteiger partial charge is 0.275 e. The predicted octanol–water partition coefficient (Wildman–Crippen LogP) is 4.22. The first kappa shape index (κ1) is 14.8. The molecular formula is C18H13F2N3. The Bertz CT molecular complexity index is 777. The summed E-state index contributed by atoms with van der Waals surface area (Å²) in [7, 11) is 0. The van der Waals surface area contributed by atoms with E-state index in [-0.39, 0.29) is 5.69 Å². The summed E-state index contributed by atoms with van der Waals surface area (Å²) in [5.41, 5.74) is 5.11. The highest BCUT2D eigenvalue weighted by Gasteiger charge is 2.08. The number of nitrogens with zero attached hydrogens (tertiary/aromatic N) is 2. The topological polar surface area (TPSA) is 37.3 Å². The minimum Gasteiger partial charge on any atom is -0.275 e. The van der Waals surface area contributed by atoms with E-state index >= 15 is 0 Å². The number of nitrogens with one attached hydrogen (secondary N) is 1. The number of anilines is 1. The van der Waals surface area contributed by atoms with Crippen molar-refractivity contribution in [3.05, 3.63) is 95.8 Å². The van der Waals surface area contributed by atoms with Gasteiger partial charge in [-0.25, -0.2) is 8.78 Å². The molecular weight excluding hydrogens is 296 g/mol. The minimum atomic E-state index is -0.698. The van der Waals surface area contributed by atoms with Crippen LogP contribution < -0.4 is 5.43 Å². The summed E-state index contributed by atoms with van der Waals surface area (Å²) in [4.78, 5) is 3.99. The fourth-order valence-electron chi connectivity index (χ4n) is 2.10. The zero-order valence-corrected chi connectivity index (χ0v) is 12.1. The molecule has 0 aliphatic heterocycles. The Morgan fingerprint density at radius 3 is 2.26 bits per heavy atom. The van der Waals surface area contributed by atoms with Gasteiger partial charge in [0, 0.05) is 29.6 Å². The van der Waals surface area contributed by atoms with Crippen molar-refractivity contribution < 1.29 is 8.78 Å². The zero-order chi connectivity index (χ0) is 16.1. The first-order chi connectivity index (χ1) is 11.2. The zero-order valence-electron chi connectivity index (χ0n) is 12.1. The quantitative estimate of drug-likeness (QED) is 0.578. The summed E-state index contributed by atoms with van der Waals surface area (Å²) in [5, 5.41) is 4.30. The number of hydrogen-bond acceptors (Lipinski definition) is 3. The van der Waals surface area contributed by atoms with Crippen LogP contribution in [-0.2, 0) is 0 Å². The van der Waals surface area contributed by atoms with Gasteiger partial charge in [0.05, 0.1) is 11.4 Å². The molecule has 5 heteroatoms. The summed E-state index contributed by atoms with van der Waals surface area (Å²) in [5.74, 6) is -1.33. The van der Waals surface area contributed by atoms with Crippen molar-refractivity contribution >= 4 is 11.4 Å². The van der Waals surface area contributed by atoms with Crippen LogP contribution in [-0.4, -0.2) is 10.7 Å². The number of aromatic nitrogens is 1. The molecule has 0 radical (unpaired) electrons. The Hall–Kier alpha value is -3.08. The first-order valence-corrected chi connectivity index (χ1v) is 6.98. The van der Waals surface area contributed by atoms with Crippen molar-refractivity contribution in [2.75, 3.05) is 5.43 Å². The van der Waals surface area contributed by atoms with Crippen LogP contribution in [0.4, 0.5) is 14.5 Å². The molecule has 114 valence electrons. The molecule has 0 fully saturated rings. The number of pyridine rings is 1. The lowest BCUT2D eigenvalue weighted by atomic mass is 10.0. The highest BCUT2D eigenvalue weighted by molar-refractivity contribution is 6.13. The summed E-state index contributed by atoms with van der Waals surface area (Å²) < 4.78 is 26.7. The van der Waals surface area contributed by atoms with Gasteiger partial charge in [-0.15, -0.1) is 0 Å². The van der Waals surface area contributed by atoms with Gasteiger partial charge in [-0.2, -0.15) is 5.10 Å². The number of hydrogen-bond donors (Lipinski definition) is 1. The second-order valence-electron chi connectivity index (χ2n) is 4.80. The van der Waals surface area contributed by atoms with Crippen LogP contribution in [0.15, 0.2) is 78.2 Å². The lowest BCUT2D eigenvalue weighted by Gasteiger charge is -2.09. The molecule has 1 heterocycles. The van der Waals surface area contributed by atoms with Crippen molar-refractivity contribution in [1.29, 1.82) is 0 Å². The van der Waals surface area contributed by atoms with Crippen molar-refractivity contribution in [3.63, 3.8) is 0 Å². The molecule has 23 heavy (non-hydrogen) atoms. The van der Waals surface area contributed by atoms with Crippen LogP contribution in [0.3, 0.4) is 0 Å². The molecule has 0 aliphatic rings. The molecule has 3 nitrogen and oxygen atoms in total. The molecule has 2 aromatic carbocycles. The van der Waals surface area contributed by atoms with Gasteiger partial charge >= 0.3 is 0 Å². The highest BCUT2D eigenvalue weighted by Crippen LogP contribution is 2.16. The molecule has 0 saturated heterocycles. The molecule has 0 atom stereocenters. The summed E-state index contributed by atoms with van der Waals surface area (Å²) in [6.45, 7) is 0. The van der Waals surface area contributed by atoms with Crippen LogP contribution in [0.25, 0.3) is 0 Å². The van der Waals surface area contributed by atoms with Crippen LogP contribution in [0.2, 0.25) is 0 Å². The van der Waals surface area contributed by atoms with Crippen molar-refractivity contribution in [2.24, 2.45) is 5.10 Å². The Balaban J connectivity index is 1.98. The first-order valence-electron chi connectivity index (χ1n) is 6.98. The van der Waals surface area contributed by atoms with Crippen LogP contribution in [0.5, 0.6) is 0 Å². The normalized spacial score (nSPS) is 11.3. The molecule has 1 N–H and O–H groups in total. The van der Waals surface area contributed by atoms with Gasteiger partial charge in [-0.1, -0.05) is 30.3 Å². The Labute approximate surface area is 132 Å². The van der Waals surface area contributed by atoms with E-state index in [1.165, 1.54) is 12.1 Å². The summed E-state index contributed by atoms with van der Waals surface area (Å²) >= 11 is 0. The monoisotopic (exact) mass is 309 g/mol. The van der Waals surface area contributed by atoms with Crippen molar-refractivity contribution in [3.8, 4) is 0 Å². The predicted molar refractivity (Wildman–Crippen MR) is 86.3 cm³/mol. The van der Waals surface area contributed by atoms with E-state index in [9.17, 15) is 8.78 Å². The molecule has 3 aromatic rings. The van der Waals surface area contributed by atoms with Crippen LogP contribution in [0.1, 0.15) is 11.1 Å². The molecule has 3 rings (SSSR count). The van der Waals surface area contributed by atoms with Crippen LogP contribution >= 0.6 is 0 Å². The number of rotatable bonds is 4. The van der Waals surface area contributed by atoms with Crippen molar-refractivity contribution in [2.45, 2.75) is 0 Å². The fourth-order valence-corrected chi connectivity index (χ4v) is 2.10. The minimum absolute atomic E-state index is 0.105. The third-order valence-electron chi connectivity index (χ3n) is 3.22. The van der Waals surface area contributed by atoms with Crippen molar-refractivity contribution in [1.82, 2.24) is 4.98 Å². The Kier molecular flexibility index (Phi) is 4.38. The maximum Gasteiger partial charge on any atom is 0.151 e. The second-order valence-corrected chi connectivity index (χ2v) is 4.80. The molecule has 0 unspecified atom stereocenters. The van der Waals surface area contributed by atoms with E-state index < -0.39 is 11.6 Å². The fraction of sp³-hybridized carbons (Fsp3) is 0. The number of benzene rings is 2. The third kappa shape index (κ3) is 3.58. The van der Waals surface area contributed by atoms with Gasteiger partial charge < -0.3 is 0 Å². The summed E-state index contributed by atoms with van der Waals surface area (Å²) in [6.07, 6.45) is 3.32.